The highest BCUT2D eigenvalue weighted by molar-refractivity contribution is 6.26. The largest absolute Gasteiger partial charge is 0.309 e. The number of nitrogens with zero attached hydrogens (tertiary/aromatic N) is 8. The molecule has 0 spiro atoms. The van der Waals surface area contributed by atoms with Crippen molar-refractivity contribution >= 4 is 87.2 Å². The van der Waals surface area contributed by atoms with Crippen molar-refractivity contribution in [2.24, 2.45) is 0 Å². The summed E-state index contributed by atoms with van der Waals surface area (Å²) in [6, 6.07) is 92.0. The van der Waals surface area contributed by atoms with E-state index < -0.39 is 0 Å². The zero-order valence-corrected chi connectivity index (χ0v) is 41.8. The average Bonchev–Trinajstić information content (AvgIpc) is 4.42. The Labute approximate surface area is 446 Å². The van der Waals surface area contributed by atoms with Gasteiger partial charge in [-0.2, -0.15) is 5.26 Å². The summed E-state index contributed by atoms with van der Waals surface area (Å²) in [6.07, 6.45) is 0. The summed E-state index contributed by atoms with van der Waals surface area (Å²) >= 11 is 0. The van der Waals surface area contributed by atoms with Crippen LogP contribution in [0.1, 0.15) is 5.56 Å². The predicted molar refractivity (Wildman–Crippen MR) is 318 cm³/mol. The van der Waals surface area contributed by atoms with Crippen molar-refractivity contribution in [1.82, 2.24) is 33.2 Å². The van der Waals surface area contributed by atoms with Gasteiger partial charge >= 0.3 is 0 Å². The molecule has 8 nitrogen and oxygen atoms in total. The zero-order valence-electron chi connectivity index (χ0n) is 41.8. The van der Waals surface area contributed by atoms with Gasteiger partial charge in [0.25, 0.3) is 0 Å². The molecular weight excluding hydrogens is 953 g/mol. The number of para-hydroxylation sites is 6. The fourth-order valence-corrected chi connectivity index (χ4v) is 12.3. The standard InChI is InChI=1S/C70H42N8/c71-43-56-62(77-60-36-20-16-32-53(60)66-61(77)38-37-52-49-29-13-18-34-58(49)76(67(52)66)48-27-11-4-12-28-48)39-46(70-73-68(44-21-5-1-6-22-44)72-69(74-70)45-23-7-2-8-24-45)40-63(56)78-59-35-19-15-31-51(59)55-41-64-54(42-65(55)78)50-30-14-17-33-57(50)75(64)47-25-9-3-10-26-47/h1-42H. The summed E-state index contributed by atoms with van der Waals surface area (Å²) in [5.74, 6) is 1.58. The maximum Gasteiger partial charge on any atom is 0.164 e. The van der Waals surface area contributed by atoms with Crippen molar-refractivity contribution in [1.29, 1.82) is 5.26 Å². The molecule has 5 aromatic heterocycles. The Hall–Kier alpha value is -10.9. The molecule has 78 heavy (non-hydrogen) atoms. The highest BCUT2D eigenvalue weighted by atomic mass is 15.1. The first-order valence-electron chi connectivity index (χ1n) is 26.2. The molecule has 11 aromatic carbocycles. The van der Waals surface area contributed by atoms with Crippen LogP contribution < -0.4 is 0 Å². The number of hydrogen-bond donors (Lipinski definition) is 0. The van der Waals surface area contributed by atoms with E-state index in [9.17, 15) is 5.26 Å². The number of nitriles is 1. The molecule has 0 atom stereocenters. The fourth-order valence-electron chi connectivity index (χ4n) is 12.3. The Morgan fingerprint density at radius 2 is 0.667 bits per heavy atom. The van der Waals surface area contributed by atoms with Gasteiger partial charge in [-0.05, 0) is 78.9 Å². The van der Waals surface area contributed by atoms with E-state index in [1.165, 1.54) is 5.39 Å². The monoisotopic (exact) mass is 994 g/mol. The lowest BCUT2D eigenvalue weighted by Gasteiger charge is -2.18. The lowest BCUT2D eigenvalue weighted by molar-refractivity contribution is 1.06. The van der Waals surface area contributed by atoms with Gasteiger partial charge in [-0.1, -0.05) is 176 Å². The number of benzene rings is 11. The van der Waals surface area contributed by atoms with Crippen LogP contribution in [0.3, 0.4) is 0 Å². The molecule has 0 fully saturated rings. The van der Waals surface area contributed by atoms with Gasteiger partial charge in [0, 0.05) is 71.2 Å². The van der Waals surface area contributed by atoms with Gasteiger partial charge < -0.3 is 18.3 Å². The van der Waals surface area contributed by atoms with Crippen molar-refractivity contribution in [2.45, 2.75) is 0 Å². The summed E-state index contributed by atoms with van der Waals surface area (Å²) in [6.45, 7) is 0. The number of rotatable bonds is 7. The second-order valence-electron chi connectivity index (χ2n) is 19.9. The molecule has 0 aliphatic rings. The SMILES string of the molecule is N#Cc1c(-n2c3ccccc3c3cc4c(cc32)c2ccccc2n4-c2ccccc2)cc(-c2nc(-c3ccccc3)nc(-c3ccccc3)n2)cc1-n1c2ccccc2c2c1ccc1c3ccccc3n(-c3ccccc3)c12. The van der Waals surface area contributed by atoms with Crippen molar-refractivity contribution in [3.63, 3.8) is 0 Å². The Balaban J connectivity index is 1.06. The van der Waals surface area contributed by atoms with Gasteiger partial charge in [0.05, 0.1) is 55.5 Å². The molecule has 0 aliphatic heterocycles. The highest BCUT2D eigenvalue weighted by Gasteiger charge is 2.27. The minimum absolute atomic E-state index is 0.483. The Morgan fingerprint density at radius 1 is 0.282 bits per heavy atom. The van der Waals surface area contributed by atoms with Crippen molar-refractivity contribution < 1.29 is 0 Å². The van der Waals surface area contributed by atoms with Crippen LogP contribution in [0.4, 0.5) is 0 Å². The summed E-state index contributed by atoms with van der Waals surface area (Å²) < 4.78 is 9.34. The number of fused-ring (bicyclic) bond motifs is 13. The third-order valence-corrected chi connectivity index (χ3v) is 15.6. The van der Waals surface area contributed by atoms with Crippen LogP contribution in [0.15, 0.2) is 255 Å². The van der Waals surface area contributed by atoms with E-state index in [4.69, 9.17) is 15.0 Å². The molecule has 16 rings (SSSR count). The molecule has 0 aliphatic carbocycles. The highest BCUT2D eigenvalue weighted by Crippen LogP contribution is 2.46. The molecule has 16 aromatic rings. The quantitative estimate of drug-likeness (QED) is 0.159. The lowest BCUT2D eigenvalue weighted by Crippen LogP contribution is -2.07. The maximum atomic E-state index is 12.1. The number of hydrogen-bond acceptors (Lipinski definition) is 4. The fraction of sp³-hybridized carbons (Fsp3) is 0. The van der Waals surface area contributed by atoms with Gasteiger partial charge in [0.1, 0.15) is 11.6 Å². The smallest absolute Gasteiger partial charge is 0.164 e. The van der Waals surface area contributed by atoms with E-state index in [1.807, 2.05) is 60.7 Å². The Kier molecular flexibility index (Phi) is 9.53. The second-order valence-corrected chi connectivity index (χ2v) is 19.9. The van der Waals surface area contributed by atoms with E-state index >= 15 is 0 Å². The lowest BCUT2D eigenvalue weighted by atomic mass is 10.0. The van der Waals surface area contributed by atoms with E-state index in [-0.39, 0.29) is 0 Å². The third kappa shape index (κ3) is 6.43. The third-order valence-electron chi connectivity index (χ3n) is 15.6. The van der Waals surface area contributed by atoms with Crippen molar-refractivity contribution in [3.8, 4) is 63.0 Å². The molecule has 0 N–H and O–H groups in total. The predicted octanol–water partition coefficient (Wildman–Crippen LogP) is 17.1. The van der Waals surface area contributed by atoms with Crippen molar-refractivity contribution in [2.75, 3.05) is 0 Å². The van der Waals surface area contributed by atoms with Gasteiger partial charge in [-0.25, -0.2) is 15.0 Å². The molecule has 0 saturated heterocycles. The zero-order chi connectivity index (χ0) is 51.4. The summed E-state index contributed by atoms with van der Waals surface area (Å²) in [5, 5.41) is 21.0. The Bertz CT molecular complexity index is 5080. The maximum absolute atomic E-state index is 12.1. The molecule has 5 heterocycles. The molecular formula is C70H42N8. The molecule has 0 bridgehead atoms. The summed E-state index contributed by atoms with van der Waals surface area (Å²) in [4.78, 5) is 15.8. The van der Waals surface area contributed by atoms with E-state index in [1.54, 1.807) is 0 Å². The van der Waals surface area contributed by atoms with Crippen molar-refractivity contribution in [3.05, 3.63) is 260 Å². The van der Waals surface area contributed by atoms with Crippen LogP contribution in [0.25, 0.3) is 144 Å². The first-order chi connectivity index (χ1) is 38.7. The molecule has 0 unspecified atom stereocenters. The van der Waals surface area contributed by atoms with Crippen LogP contribution in [0.2, 0.25) is 0 Å². The van der Waals surface area contributed by atoms with Crippen LogP contribution in [-0.2, 0) is 0 Å². The molecule has 0 amide bonds. The molecule has 0 saturated carbocycles. The van der Waals surface area contributed by atoms with Gasteiger partial charge in [-0.3, -0.25) is 0 Å². The van der Waals surface area contributed by atoms with Crippen LogP contribution >= 0.6 is 0 Å². The van der Waals surface area contributed by atoms with Crippen LogP contribution in [0.5, 0.6) is 0 Å². The van der Waals surface area contributed by atoms with Gasteiger partial charge in [0.15, 0.2) is 17.5 Å². The van der Waals surface area contributed by atoms with E-state index in [0.29, 0.717) is 34.4 Å². The summed E-state index contributed by atoms with van der Waals surface area (Å²) in [7, 11) is 0. The number of aromatic nitrogens is 7. The minimum Gasteiger partial charge on any atom is -0.309 e. The normalized spacial score (nSPS) is 11.8. The van der Waals surface area contributed by atoms with Crippen LogP contribution in [-0.4, -0.2) is 33.2 Å². The first kappa shape index (κ1) is 43.5. The van der Waals surface area contributed by atoms with E-state index in [0.717, 1.165) is 110 Å². The molecule has 362 valence electrons. The topological polar surface area (TPSA) is 82.2 Å². The van der Waals surface area contributed by atoms with E-state index in [2.05, 4.69) is 218 Å². The first-order valence-corrected chi connectivity index (χ1v) is 26.2. The minimum atomic E-state index is 0.483. The average molecular weight is 995 g/mol. The molecule has 8 heteroatoms. The summed E-state index contributed by atoms with van der Waals surface area (Å²) in [5.41, 5.74) is 14.8. The van der Waals surface area contributed by atoms with Gasteiger partial charge in [0.2, 0.25) is 0 Å². The molecule has 0 radical (unpaired) electrons. The second kappa shape index (κ2) is 17.1. The Morgan fingerprint density at radius 3 is 1.19 bits per heavy atom. The van der Waals surface area contributed by atoms with Gasteiger partial charge in [-0.15, -0.1) is 0 Å². The van der Waals surface area contributed by atoms with Crippen LogP contribution in [0, 0.1) is 11.3 Å².